The van der Waals surface area contributed by atoms with Crippen LogP contribution in [0.2, 0.25) is 0 Å². The van der Waals surface area contributed by atoms with Crippen molar-refractivity contribution in [3.05, 3.63) is 71.0 Å². The maximum atomic E-state index is 14.7. The summed E-state index contributed by atoms with van der Waals surface area (Å²) in [5.41, 5.74) is 5.77. The number of hydrogen-bond acceptors (Lipinski definition) is 1. The van der Waals surface area contributed by atoms with Crippen LogP contribution in [-0.2, 0) is 0 Å². The van der Waals surface area contributed by atoms with E-state index in [2.05, 4.69) is 50.3 Å². The number of hydrogen-bond donors (Lipinski definition) is 0. The largest absolute Gasteiger partial charge is 0.491 e. The van der Waals surface area contributed by atoms with E-state index in [1.54, 1.807) is 17.2 Å². The fourth-order valence-electron chi connectivity index (χ4n) is 8.65. The first-order chi connectivity index (χ1) is 21.6. The van der Waals surface area contributed by atoms with Gasteiger partial charge in [0.1, 0.15) is 0 Å². The van der Waals surface area contributed by atoms with E-state index in [4.69, 9.17) is 4.74 Å². The van der Waals surface area contributed by atoms with Gasteiger partial charge in [-0.25, -0.2) is 4.39 Å². The van der Waals surface area contributed by atoms with Crippen LogP contribution in [0, 0.1) is 23.6 Å². The van der Waals surface area contributed by atoms with Crippen molar-refractivity contribution in [2.45, 2.75) is 154 Å². The standard InChI is InChI=1S/C42H61FO/c1-3-5-7-8-9-10-11-32-12-14-33(15-13-32)34-16-18-35(19-17-34)36-20-22-37(23-21-36)38-24-26-39(27-25-38)40-28-29-42(41(43)31-40)44-30-6-4-2/h16-20,28-29,31-33,37-39H,3-15,21-27,30H2,1-2H3. The summed E-state index contributed by atoms with van der Waals surface area (Å²) in [6.45, 7) is 5.03. The second-order valence-electron chi connectivity index (χ2n) is 14.7. The first kappa shape index (κ1) is 33.3. The summed E-state index contributed by atoms with van der Waals surface area (Å²) in [6, 6.07) is 15.5. The van der Waals surface area contributed by atoms with Crippen molar-refractivity contribution in [3.63, 3.8) is 0 Å². The van der Waals surface area contributed by atoms with Crippen molar-refractivity contribution in [1.29, 1.82) is 0 Å². The van der Waals surface area contributed by atoms with Gasteiger partial charge in [0, 0.05) is 0 Å². The first-order valence-corrected chi connectivity index (χ1v) is 18.9. The van der Waals surface area contributed by atoms with Crippen molar-refractivity contribution in [3.8, 4) is 5.75 Å². The van der Waals surface area contributed by atoms with Crippen molar-refractivity contribution >= 4 is 5.57 Å². The molecule has 2 fully saturated rings. The van der Waals surface area contributed by atoms with Crippen molar-refractivity contribution in [1.82, 2.24) is 0 Å². The fraction of sp³-hybridized carbons (Fsp3) is 0.667. The van der Waals surface area contributed by atoms with Crippen LogP contribution in [0.3, 0.4) is 0 Å². The summed E-state index contributed by atoms with van der Waals surface area (Å²) < 4.78 is 20.3. The fourth-order valence-corrected chi connectivity index (χ4v) is 8.65. The third-order valence-corrected chi connectivity index (χ3v) is 11.6. The highest BCUT2D eigenvalue weighted by molar-refractivity contribution is 5.66. The Hall–Kier alpha value is -2.09. The van der Waals surface area contributed by atoms with Gasteiger partial charge in [-0.3, -0.25) is 0 Å². The zero-order valence-electron chi connectivity index (χ0n) is 28.1. The topological polar surface area (TPSA) is 9.23 Å². The van der Waals surface area contributed by atoms with Crippen LogP contribution in [0.25, 0.3) is 5.57 Å². The molecule has 242 valence electrons. The van der Waals surface area contributed by atoms with Crippen LogP contribution in [-0.4, -0.2) is 6.61 Å². The van der Waals surface area contributed by atoms with E-state index < -0.39 is 0 Å². The van der Waals surface area contributed by atoms with E-state index in [0.717, 1.165) is 36.5 Å². The number of allylic oxidation sites excluding steroid dienone is 2. The van der Waals surface area contributed by atoms with Gasteiger partial charge < -0.3 is 4.74 Å². The number of benzene rings is 2. The minimum absolute atomic E-state index is 0.190. The lowest BCUT2D eigenvalue weighted by Gasteiger charge is -2.36. The molecule has 0 saturated heterocycles. The lowest BCUT2D eigenvalue weighted by molar-refractivity contribution is 0.220. The average molecular weight is 601 g/mol. The van der Waals surface area contributed by atoms with Gasteiger partial charge in [0.2, 0.25) is 0 Å². The van der Waals surface area contributed by atoms with E-state index in [9.17, 15) is 4.39 Å². The van der Waals surface area contributed by atoms with E-state index in [1.165, 1.54) is 127 Å². The highest BCUT2D eigenvalue weighted by Crippen LogP contribution is 2.44. The second-order valence-corrected chi connectivity index (χ2v) is 14.7. The minimum Gasteiger partial charge on any atom is -0.491 e. The van der Waals surface area contributed by atoms with E-state index >= 15 is 0 Å². The van der Waals surface area contributed by atoms with Crippen LogP contribution >= 0.6 is 0 Å². The molecule has 0 spiro atoms. The van der Waals surface area contributed by atoms with Crippen molar-refractivity contribution < 1.29 is 9.13 Å². The molecule has 1 atom stereocenters. The zero-order valence-corrected chi connectivity index (χ0v) is 28.1. The highest BCUT2D eigenvalue weighted by atomic mass is 19.1. The van der Waals surface area contributed by atoms with Gasteiger partial charge in [0.25, 0.3) is 0 Å². The Balaban J connectivity index is 1.02. The molecule has 2 saturated carbocycles. The van der Waals surface area contributed by atoms with Gasteiger partial charge >= 0.3 is 0 Å². The summed E-state index contributed by atoms with van der Waals surface area (Å²) in [7, 11) is 0. The Kier molecular flexibility index (Phi) is 13.3. The summed E-state index contributed by atoms with van der Waals surface area (Å²) in [4.78, 5) is 0. The Bertz CT molecular complexity index is 1130. The minimum atomic E-state index is -0.190. The molecular formula is C42H61FO. The molecule has 2 heteroatoms. The molecule has 0 heterocycles. The molecule has 1 nitrogen and oxygen atoms in total. The van der Waals surface area contributed by atoms with Crippen LogP contribution in [0.15, 0.2) is 48.5 Å². The Morgan fingerprint density at radius 2 is 1.32 bits per heavy atom. The smallest absolute Gasteiger partial charge is 0.165 e. The van der Waals surface area contributed by atoms with Crippen molar-refractivity contribution in [2.75, 3.05) is 6.61 Å². The molecule has 44 heavy (non-hydrogen) atoms. The van der Waals surface area contributed by atoms with Crippen molar-refractivity contribution in [2.24, 2.45) is 17.8 Å². The molecule has 0 radical (unpaired) electrons. The maximum absolute atomic E-state index is 14.7. The third kappa shape index (κ3) is 9.46. The van der Waals surface area contributed by atoms with Gasteiger partial charge in [-0.05, 0) is 141 Å². The molecule has 3 aliphatic rings. The van der Waals surface area contributed by atoms with E-state index in [1.807, 2.05) is 6.07 Å². The number of unbranched alkanes of at least 4 members (excludes halogenated alkanes) is 6. The van der Waals surface area contributed by atoms with Crippen LogP contribution in [0.4, 0.5) is 4.39 Å². The van der Waals surface area contributed by atoms with Gasteiger partial charge in [0.15, 0.2) is 11.6 Å². The molecular weight excluding hydrogens is 539 g/mol. The molecule has 0 amide bonds. The molecule has 3 aliphatic carbocycles. The third-order valence-electron chi connectivity index (χ3n) is 11.6. The Morgan fingerprint density at radius 1 is 0.659 bits per heavy atom. The zero-order chi connectivity index (χ0) is 30.6. The normalized spacial score (nSPS) is 25.9. The SMILES string of the molecule is CCCCCCCCC1CCC(c2ccc(C3=CCC(C4CCC(c5ccc(OCCCC)c(F)c5)CC4)CC3)cc2)CC1. The average Bonchev–Trinajstić information content (AvgIpc) is 3.08. The first-order valence-electron chi connectivity index (χ1n) is 18.9. The number of halogens is 1. The Labute approximate surface area is 269 Å². The Morgan fingerprint density at radius 3 is 2.00 bits per heavy atom. The molecule has 0 aliphatic heterocycles. The van der Waals surface area contributed by atoms with Gasteiger partial charge in [0.05, 0.1) is 6.61 Å². The van der Waals surface area contributed by atoms with Crippen LogP contribution < -0.4 is 4.74 Å². The summed E-state index contributed by atoms with van der Waals surface area (Å²) in [5, 5.41) is 0. The lowest BCUT2D eigenvalue weighted by atomic mass is 9.70. The predicted molar refractivity (Wildman–Crippen MR) is 186 cm³/mol. The summed E-state index contributed by atoms with van der Waals surface area (Å²) >= 11 is 0. The molecule has 2 aromatic carbocycles. The summed E-state index contributed by atoms with van der Waals surface area (Å²) in [6.07, 6.45) is 29.0. The number of rotatable bonds is 15. The van der Waals surface area contributed by atoms with E-state index in [-0.39, 0.29) is 5.82 Å². The molecule has 0 N–H and O–H groups in total. The molecule has 0 bridgehead atoms. The maximum Gasteiger partial charge on any atom is 0.165 e. The van der Waals surface area contributed by atoms with E-state index in [0.29, 0.717) is 18.3 Å². The molecule has 0 aromatic heterocycles. The highest BCUT2D eigenvalue weighted by Gasteiger charge is 2.30. The van der Waals surface area contributed by atoms with Gasteiger partial charge in [-0.1, -0.05) is 102 Å². The van der Waals surface area contributed by atoms with Crippen LogP contribution in [0.5, 0.6) is 5.75 Å². The number of ether oxygens (including phenoxy) is 1. The quantitative estimate of drug-likeness (QED) is 0.185. The lowest BCUT2D eigenvalue weighted by Crippen LogP contribution is -2.22. The van der Waals surface area contributed by atoms with Gasteiger partial charge in [-0.2, -0.15) is 0 Å². The predicted octanol–water partition coefficient (Wildman–Crippen LogP) is 13.2. The molecule has 1 unspecified atom stereocenters. The molecule has 5 rings (SSSR count). The molecule has 2 aromatic rings. The summed E-state index contributed by atoms with van der Waals surface area (Å²) in [5.74, 6) is 4.12. The van der Waals surface area contributed by atoms with Gasteiger partial charge in [-0.15, -0.1) is 0 Å². The van der Waals surface area contributed by atoms with Crippen LogP contribution in [0.1, 0.15) is 171 Å². The second kappa shape index (κ2) is 17.6. The monoisotopic (exact) mass is 600 g/mol.